The van der Waals surface area contributed by atoms with Crippen LogP contribution in [0.5, 0.6) is 5.75 Å². The van der Waals surface area contributed by atoms with Crippen LogP contribution < -0.4 is 10.1 Å². The number of aromatic nitrogens is 1. The largest absolute Gasteiger partial charge is 0.492 e. The Hall–Kier alpha value is -1.62. The van der Waals surface area contributed by atoms with Gasteiger partial charge < -0.3 is 15.0 Å². The fourth-order valence-electron chi connectivity index (χ4n) is 2.53. The number of pyridine rings is 1. The van der Waals surface area contributed by atoms with Gasteiger partial charge in [0.1, 0.15) is 5.75 Å². The van der Waals surface area contributed by atoms with E-state index in [9.17, 15) is 4.79 Å². The Morgan fingerprint density at radius 3 is 2.85 bits per heavy atom. The predicted molar refractivity (Wildman–Crippen MR) is 77.6 cm³/mol. The fraction of sp³-hybridized carbons (Fsp3) is 0.600. The molecule has 0 aromatic carbocycles. The molecule has 110 valence electrons. The number of ether oxygens (including phenoxy) is 1. The van der Waals surface area contributed by atoms with Gasteiger partial charge in [-0.15, -0.1) is 0 Å². The Bertz CT molecular complexity index is 414. The van der Waals surface area contributed by atoms with Gasteiger partial charge in [-0.2, -0.15) is 0 Å². The van der Waals surface area contributed by atoms with Crippen molar-refractivity contribution in [3.05, 3.63) is 24.5 Å². The molecule has 1 aromatic rings. The lowest BCUT2D eigenvalue weighted by Gasteiger charge is -2.36. The van der Waals surface area contributed by atoms with Gasteiger partial charge in [0.2, 0.25) is 5.91 Å². The van der Waals surface area contributed by atoms with Crippen molar-refractivity contribution in [1.82, 2.24) is 15.2 Å². The molecule has 0 bridgehead atoms. The standard InChI is InChI=1S/C15H23N3O2/c1-12-10-18(11-13(2)17-12)15(19)6-4-8-20-14-5-3-7-16-9-14/h3,5,7,9,12-13,17H,4,6,8,10-11H2,1-2H3/t12-,13+. The zero-order valence-corrected chi connectivity index (χ0v) is 12.2. The Morgan fingerprint density at radius 2 is 2.20 bits per heavy atom. The lowest BCUT2D eigenvalue weighted by Crippen LogP contribution is -2.55. The Kier molecular flexibility index (Phi) is 5.35. The molecular weight excluding hydrogens is 254 g/mol. The highest BCUT2D eigenvalue weighted by Crippen LogP contribution is 2.09. The molecule has 0 aliphatic carbocycles. The topological polar surface area (TPSA) is 54.5 Å². The van der Waals surface area contributed by atoms with E-state index < -0.39 is 0 Å². The summed E-state index contributed by atoms with van der Waals surface area (Å²) in [6.07, 6.45) is 4.67. The third-order valence-corrected chi connectivity index (χ3v) is 3.35. The van der Waals surface area contributed by atoms with Crippen LogP contribution in [0.1, 0.15) is 26.7 Å². The first-order chi connectivity index (χ1) is 9.65. The first-order valence-electron chi connectivity index (χ1n) is 7.22. The van der Waals surface area contributed by atoms with Gasteiger partial charge in [-0.3, -0.25) is 9.78 Å². The molecule has 1 saturated heterocycles. The summed E-state index contributed by atoms with van der Waals surface area (Å²) < 4.78 is 5.54. The van der Waals surface area contributed by atoms with Crippen molar-refractivity contribution in [1.29, 1.82) is 0 Å². The predicted octanol–water partition coefficient (Wildman–Crippen LogP) is 1.45. The average Bonchev–Trinajstić information content (AvgIpc) is 2.43. The average molecular weight is 277 g/mol. The summed E-state index contributed by atoms with van der Waals surface area (Å²) in [5.74, 6) is 0.976. The minimum atomic E-state index is 0.222. The van der Waals surface area contributed by atoms with E-state index in [1.807, 2.05) is 17.0 Å². The zero-order valence-electron chi connectivity index (χ0n) is 12.2. The molecule has 1 aromatic heterocycles. The quantitative estimate of drug-likeness (QED) is 0.828. The van der Waals surface area contributed by atoms with Gasteiger partial charge in [0.15, 0.2) is 0 Å². The van der Waals surface area contributed by atoms with Gasteiger partial charge in [0, 0.05) is 37.8 Å². The number of amides is 1. The van der Waals surface area contributed by atoms with E-state index in [0.717, 1.165) is 25.3 Å². The molecule has 1 aliphatic rings. The molecule has 1 aliphatic heterocycles. The van der Waals surface area contributed by atoms with Crippen LogP contribution in [-0.2, 0) is 4.79 Å². The van der Waals surface area contributed by atoms with Crippen LogP contribution in [0, 0.1) is 0 Å². The number of nitrogens with one attached hydrogen (secondary N) is 1. The summed E-state index contributed by atoms with van der Waals surface area (Å²) in [6, 6.07) is 4.45. The van der Waals surface area contributed by atoms with E-state index in [4.69, 9.17) is 4.74 Å². The minimum Gasteiger partial charge on any atom is -0.492 e. The van der Waals surface area contributed by atoms with E-state index in [2.05, 4.69) is 24.1 Å². The van der Waals surface area contributed by atoms with Crippen LogP contribution in [0.25, 0.3) is 0 Å². The molecule has 2 heterocycles. The van der Waals surface area contributed by atoms with Crippen molar-refractivity contribution >= 4 is 5.91 Å². The van der Waals surface area contributed by atoms with Gasteiger partial charge in [-0.1, -0.05) is 0 Å². The smallest absolute Gasteiger partial charge is 0.222 e. The van der Waals surface area contributed by atoms with Crippen molar-refractivity contribution < 1.29 is 9.53 Å². The van der Waals surface area contributed by atoms with Crippen LogP contribution in [0.2, 0.25) is 0 Å². The van der Waals surface area contributed by atoms with Crippen molar-refractivity contribution in [2.45, 2.75) is 38.8 Å². The lowest BCUT2D eigenvalue weighted by molar-refractivity contribution is -0.133. The maximum absolute atomic E-state index is 12.1. The minimum absolute atomic E-state index is 0.222. The number of carbonyl (C=O) groups excluding carboxylic acids is 1. The fourth-order valence-corrected chi connectivity index (χ4v) is 2.53. The second kappa shape index (κ2) is 7.24. The molecule has 5 heteroatoms. The number of carbonyl (C=O) groups is 1. The Labute approximate surface area is 120 Å². The molecular formula is C15H23N3O2. The lowest BCUT2D eigenvalue weighted by atomic mass is 10.1. The molecule has 1 amide bonds. The summed E-state index contributed by atoms with van der Waals surface area (Å²) in [4.78, 5) is 18.1. The highest BCUT2D eigenvalue weighted by Gasteiger charge is 2.24. The zero-order chi connectivity index (χ0) is 14.4. The van der Waals surface area contributed by atoms with Crippen LogP contribution in [-0.4, -0.2) is 47.6 Å². The van der Waals surface area contributed by atoms with Gasteiger partial charge >= 0.3 is 0 Å². The van der Waals surface area contributed by atoms with Gasteiger partial charge in [-0.05, 0) is 32.4 Å². The maximum atomic E-state index is 12.1. The second-order valence-corrected chi connectivity index (χ2v) is 5.41. The van der Waals surface area contributed by atoms with Crippen LogP contribution in [0.15, 0.2) is 24.5 Å². The van der Waals surface area contributed by atoms with Crippen molar-refractivity contribution in [2.75, 3.05) is 19.7 Å². The van der Waals surface area contributed by atoms with Crippen molar-refractivity contribution in [3.63, 3.8) is 0 Å². The molecule has 0 unspecified atom stereocenters. The number of hydrogen-bond acceptors (Lipinski definition) is 4. The van der Waals surface area contributed by atoms with Crippen molar-refractivity contribution in [2.24, 2.45) is 0 Å². The summed E-state index contributed by atoms with van der Waals surface area (Å²) in [6.45, 7) is 6.37. The highest BCUT2D eigenvalue weighted by atomic mass is 16.5. The Morgan fingerprint density at radius 1 is 1.45 bits per heavy atom. The molecule has 0 radical (unpaired) electrons. The molecule has 1 N–H and O–H groups in total. The number of nitrogens with zero attached hydrogens (tertiary/aromatic N) is 2. The summed E-state index contributed by atoms with van der Waals surface area (Å²) in [5.41, 5.74) is 0. The summed E-state index contributed by atoms with van der Waals surface area (Å²) in [5, 5.41) is 3.43. The van der Waals surface area contributed by atoms with E-state index in [-0.39, 0.29) is 5.91 Å². The molecule has 2 atom stereocenters. The summed E-state index contributed by atoms with van der Waals surface area (Å²) >= 11 is 0. The number of piperazine rings is 1. The first-order valence-corrected chi connectivity index (χ1v) is 7.22. The normalized spacial score (nSPS) is 22.6. The molecule has 0 saturated carbocycles. The van der Waals surface area contributed by atoms with Crippen LogP contribution >= 0.6 is 0 Å². The molecule has 20 heavy (non-hydrogen) atoms. The third-order valence-electron chi connectivity index (χ3n) is 3.35. The molecule has 2 rings (SSSR count). The van der Waals surface area contributed by atoms with E-state index in [1.54, 1.807) is 12.4 Å². The van der Waals surface area contributed by atoms with Gasteiger partial charge in [-0.25, -0.2) is 0 Å². The molecule has 1 fully saturated rings. The monoisotopic (exact) mass is 277 g/mol. The van der Waals surface area contributed by atoms with Crippen LogP contribution in [0.3, 0.4) is 0 Å². The molecule has 0 spiro atoms. The maximum Gasteiger partial charge on any atom is 0.222 e. The van der Waals surface area contributed by atoms with Crippen LogP contribution in [0.4, 0.5) is 0 Å². The SMILES string of the molecule is C[C@@H]1CN(C(=O)CCCOc2cccnc2)C[C@H](C)N1. The highest BCUT2D eigenvalue weighted by molar-refractivity contribution is 5.76. The summed E-state index contributed by atoms with van der Waals surface area (Å²) in [7, 11) is 0. The van der Waals surface area contributed by atoms with E-state index in [0.29, 0.717) is 25.1 Å². The van der Waals surface area contributed by atoms with Crippen molar-refractivity contribution in [3.8, 4) is 5.75 Å². The van der Waals surface area contributed by atoms with Gasteiger partial charge in [0.25, 0.3) is 0 Å². The van der Waals surface area contributed by atoms with Gasteiger partial charge in [0.05, 0.1) is 12.8 Å². The third kappa shape index (κ3) is 4.49. The number of hydrogen-bond donors (Lipinski definition) is 1. The van der Waals surface area contributed by atoms with E-state index in [1.165, 1.54) is 0 Å². The first kappa shape index (κ1) is 14.8. The molecule has 5 nitrogen and oxygen atoms in total. The second-order valence-electron chi connectivity index (χ2n) is 5.41. The van der Waals surface area contributed by atoms with E-state index >= 15 is 0 Å². The number of rotatable bonds is 5. The Balaban J connectivity index is 1.67.